The zero-order valence-electron chi connectivity index (χ0n) is 13.4. The Morgan fingerprint density at radius 1 is 1.16 bits per heavy atom. The number of para-hydroxylation sites is 1. The van der Waals surface area contributed by atoms with E-state index in [9.17, 15) is 9.18 Å². The van der Waals surface area contributed by atoms with Gasteiger partial charge in [0.25, 0.3) is 0 Å². The molecule has 1 heterocycles. The smallest absolute Gasteiger partial charge is 0.199 e. The molecule has 2 aromatic carbocycles. The summed E-state index contributed by atoms with van der Waals surface area (Å²) in [7, 11) is 0. The van der Waals surface area contributed by atoms with Gasteiger partial charge in [-0.05, 0) is 36.4 Å². The lowest BCUT2D eigenvalue weighted by Gasteiger charge is -2.09. The van der Waals surface area contributed by atoms with Crippen molar-refractivity contribution in [1.29, 1.82) is 0 Å². The Hall–Kier alpha value is -2.66. The van der Waals surface area contributed by atoms with E-state index in [-0.39, 0.29) is 18.8 Å². The zero-order chi connectivity index (χ0) is 17.6. The molecule has 0 saturated carbocycles. The lowest BCUT2D eigenvalue weighted by atomic mass is 10.1. The van der Waals surface area contributed by atoms with Gasteiger partial charge < -0.3 is 4.74 Å². The van der Waals surface area contributed by atoms with Crippen LogP contribution in [0.1, 0.15) is 22.3 Å². The normalized spacial score (nSPS) is 10.6. The standard InChI is InChI=1S/C19H16ClFN2O2/c20-15-6-8-16(9-7-15)23-13-14(12-22-23)19(24)17-4-1-2-5-18(17)25-11-3-10-21/h1-2,4-9,12-13H,3,10-11H2. The average molecular weight is 359 g/mol. The number of hydrogen-bond donors (Lipinski definition) is 0. The molecule has 0 bridgehead atoms. The molecule has 0 N–H and O–H groups in total. The summed E-state index contributed by atoms with van der Waals surface area (Å²) in [6.45, 7) is -0.227. The molecule has 0 spiro atoms. The van der Waals surface area contributed by atoms with Crippen LogP contribution in [0.4, 0.5) is 4.39 Å². The topological polar surface area (TPSA) is 44.1 Å². The predicted octanol–water partition coefficient (Wildman–Crippen LogP) is 4.50. The highest BCUT2D eigenvalue weighted by Crippen LogP contribution is 2.22. The Morgan fingerprint density at radius 3 is 2.68 bits per heavy atom. The Balaban J connectivity index is 1.83. The van der Waals surface area contributed by atoms with Crippen LogP contribution in [0.15, 0.2) is 60.9 Å². The molecule has 4 nitrogen and oxygen atoms in total. The van der Waals surface area contributed by atoms with Crippen molar-refractivity contribution in [2.24, 2.45) is 0 Å². The summed E-state index contributed by atoms with van der Waals surface area (Å²) in [5, 5.41) is 4.86. The molecule has 3 aromatic rings. The minimum Gasteiger partial charge on any atom is -0.493 e. The van der Waals surface area contributed by atoms with Crippen LogP contribution in [-0.2, 0) is 0 Å². The van der Waals surface area contributed by atoms with Gasteiger partial charge in [0.05, 0.1) is 36.3 Å². The van der Waals surface area contributed by atoms with Crippen LogP contribution in [0.5, 0.6) is 5.75 Å². The summed E-state index contributed by atoms with van der Waals surface area (Å²) in [5.74, 6) is 0.247. The summed E-state index contributed by atoms with van der Waals surface area (Å²) in [4.78, 5) is 12.8. The number of rotatable bonds is 7. The number of ketones is 1. The summed E-state index contributed by atoms with van der Waals surface area (Å²) in [5.41, 5.74) is 1.67. The van der Waals surface area contributed by atoms with Gasteiger partial charge in [-0.2, -0.15) is 5.10 Å². The van der Waals surface area contributed by atoms with E-state index in [0.29, 0.717) is 21.9 Å². The number of halogens is 2. The van der Waals surface area contributed by atoms with Crippen molar-refractivity contribution in [1.82, 2.24) is 9.78 Å². The Kier molecular flexibility index (Phi) is 5.46. The molecule has 0 saturated heterocycles. The number of benzene rings is 2. The minimum atomic E-state index is -0.454. The van der Waals surface area contributed by atoms with Gasteiger partial charge in [-0.3, -0.25) is 9.18 Å². The molecular weight excluding hydrogens is 343 g/mol. The molecule has 0 aliphatic heterocycles. The van der Waals surface area contributed by atoms with Gasteiger partial charge in [-0.15, -0.1) is 0 Å². The molecule has 0 unspecified atom stereocenters. The van der Waals surface area contributed by atoms with Crippen molar-refractivity contribution in [3.63, 3.8) is 0 Å². The second-order valence-corrected chi connectivity index (χ2v) is 5.80. The number of aromatic nitrogens is 2. The summed E-state index contributed by atoms with van der Waals surface area (Å²) < 4.78 is 19.4. The van der Waals surface area contributed by atoms with Gasteiger partial charge in [0.2, 0.25) is 0 Å². The number of carbonyl (C=O) groups is 1. The molecule has 0 amide bonds. The summed E-state index contributed by atoms with van der Waals surface area (Å²) in [6.07, 6.45) is 3.45. The number of alkyl halides is 1. The predicted molar refractivity (Wildman–Crippen MR) is 94.5 cm³/mol. The maximum Gasteiger partial charge on any atom is 0.199 e. The first-order valence-corrected chi connectivity index (χ1v) is 8.20. The van der Waals surface area contributed by atoms with E-state index in [0.717, 1.165) is 5.69 Å². The first kappa shape index (κ1) is 17.2. The number of ether oxygens (including phenoxy) is 1. The van der Waals surface area contributed by atoms with Crippen molar-refractivity contribution < 1.29 is 13.9 Å². The molecule has 3 rings (SSSR count). The van der Waals surface area contributed by atoms with Gasteiger partial charge in [0.1, 0.15) is 5.75 Å². The third-order valence-electron chi connectivity index (χ3n) is 3.60. The molecule has 1 aromatic heterocycles. The monoisotopic (exact) mass is 358 g/mol. The van der Waals surface area contributed by atoms with Crippen LogP contribution < -0.4 is 4.74 Å². The molecule has 0 aliphatic carbocycles. The number of hydrogen-bond acceptors (Lipinski definition) is 3. The first-order valence-electron chi connectivity index (χ1n) is 7.82. The molecular formula is C19H16ClFN2O2. The Morgan fingerprint density at radius 2 is 1.92 bits per heavy atom. The highest BCUT2D eigenvalue weighted by atomic mass is 35.5. The van der Waals surface area contributed by atoms with E-state index >= 15 is 0 Å². The Bertz CT molecular complexity index is 862. The fraction of sp³-hybridized carbons (Fsp3) is 0.158. The van der Waals surface area contributed by atoms with Crippen LogP contribution in [0, 0.1) is 0 Å². The Labute approximate surface area is 149 Å². The average Bonchev–Trinajstić information content (AvgIpc) is 3.12. The number of nitrogens with zero attached hydrogens (tertiary/aromatic N) is 2. The zero-order valence-corrected chi connectivity index (χ0v) is 14.1. The molecule has 128 valence electrons. The number of carbonyl (C=O) groups excluding carboxylic acids is 1. The fourth-order valence-corrected chi connectivity index (χ4v) is 2.47. The van der Waals surface area contributed by atoms with Gasteiger partial charge >= 0.3 is 0 Å². The largest absolute Gasteiger partial charge is 0.493 e. The quantitative estimate of drug-likeness (QED) is 0.461. The van der Waals surface area contributed by atoms with Crippen molar-refractivity contribution in [3.8, 4) is 11.4 Å². The third-order valence-corrected chi connectivity index (χ3v) is 3.86. The lowest BCUT2D eigenvalue weighted by Crippen LogP contribution is -2.06. The van der Waals surface area contributed by atoms with E-state index < -0.39 is 6.67 Å². The maximum absolute atomic E-state index is 12.8. The van der Waals surface area contributed by atoms with E-state index in [2.05, 4.69) is 5.10 Å². The highest BCUT2D eigenvalue weighted by molar-refractivity contribution is 6.30. The van der Waals surface area contributed by atoms with Crippen LogP contribution in [0.2, 0.25) is 5.02 Å². The molecule has 0 atom stereocenters. The van der Waals surface area contributed by atoms with Crippen LogP contribution in [-0.4, -0.2) is 28.8 Å². The van der Waals surface area contributed by atoms with Gasteiger partial charge in [-0.1, -0.05) is 23.7 Å². The maximum atomic E-state index is 12.8. The summed E-state index contributed by atoms with van der Waals surface area (Å²) in [6, 6.07) is 14.1. The minimum absolute atomic E-state index is 0.198. The van der Waals surface area contributed by atoms with Crippen molar-refractivity contribution >= 4 is 17.4 Å². The summed E-state index contributed by atoms with van der Waals surface area (Å²) >= 11 is 5.88. The van der Waals surface area contributed by atoms with Gasteiger partial charge in [0, 0.05) is 17.6 Å². The molecule has 0 aliphatic rings. The van der Waals surface area contributed by atoms with E-state index in [1.165, 1.54) is 6.20 Å². The SMILES string of the molecule is O=C(c1cnn(-c2ccc(Cl)cc2)c1)c1ccccc1OCCCF. The highest BCUT2D eigenvalue weighted by Gasteiger charge is 2.16. The van der Waals surface area contributed by atoms with Crippen LogP contribution >= 0.6 is 11.6 Å². The van der Waals surface area contributed by atoms with Gasteiger partial charge in [-0.25, -0.2) is 4.68 Å². The lowest BCUT2D eigenvalue weighted by molar-refractivity contribution is 0.103. The van der Waals surface area contributed by atoms with Crippen LogP contribution in [0.3, 0.4) is 0 Å². The van der Waals surface area contributed by atoms with Crippen molar-refractivity contribution in [2.45, 2.75) is 6.42 Å². The molecule has 6 heteroatoms. The van der Waals surface area contributed by atoms with E-state index in [4.69, 9.17) is 16.3 Å². The van der Waals surface area contributed by atoms with Crippen molar-refractivity contribution in [2.75, 3.05) is 13.3 Å². The molecule has 0 fully saturated rings. The third kappa shape index (κ3) is 4.06. The van der Waals surface area contributed by atoms with Crippen molar-refractivity contribution in [3.05, 3.63) is 77.1 Å². The van der Waals surface area contributed by atoms with E-state index in [1.807, 2.05) is 12.1 Å². The van der Waals surface area contributed by atoms with Crippen LogP contribution in [0.25, 0.3) is 5.69 Å². The second-order valence-electron chi connectivity index (χ2n) is 5.37. The fourth-order valence-electron chi connectivity index (χ4n) is 2.35. The molecule has 0 radical (unpaired) electrons. The van der Waals surface area contributed by atoms with Gasteiger partial charge in [0.15, 0.2) is 5.78 Å². The van der Waals surface area contributed by atoms with E-state index in [1.54, 1.807) is 47.3 Å². The first-order chi connectivity index (χ1) is 12.2. The molecule has 25 heavy (non-hydrogen) atoms. The second kappa shape index (κ2) is 7.94.